The molecule has 2 fully saturated rings. The maximum absolute atomic E-state index is 13.8. The maximum atomic E-state index is 13.8. The SMILES string of the molecule is CCOC1CCN(c2cc(C(=O)CN3Cc4ccc(C5CC5)nc4C3=N)cc(C(C)(C)C)c2OCCCC(=O)O)C1. The predicted molar refractivity (Wildman–Crippen MR) is 158 cm³/mol. The molecule has 5 rings (SSSR count). The lowest BCUT2D eigenvalue weighted by molar-refractivity contribution is -0.137. The average molecular weight is 563 g/mol. The molecule has 2 aromatic rings. The second kappa shape index (κ2) is 11.8. The van der Waals surface area contributed by atoms with Crippen molar-refractivity contribution in [3.8, 4) is 5.75 Å². The van der Waals surface area contributed by atoms with Gasteiger partial charge in [-0.3, -0.25) is 15.0 Å². The Labute approximate surface area is 242 Å². The van der Waals surface area contributed by atoms with Crippen LogP contribution in [-0.4, -0.2) is 71.5 Å². The largest absolute Gasteiger partial charge is 0.491 e. The number of ketones is 1. The van der Waals surface area contributed by atoms with Crippen LogP contribution in [0.5, 0.6) is 5.75 Å². The highest BCUT2D eigenvalue weighted by atomic mass is 16.5. The number of aromatic nitrogens is 1. The first-order valence-electron chi connectivity index (χ1n) is 14.8. The summed E-state index contributed by atoms with van der Waals surface area (Å²) >= 11 is 0. The molecule has 1 unspecified atom stereocenters. The van der Waals surface area contributed by atoms with E-state index in [9.17, 15) is 9.59 Å². The number of anilines is 1. The van der Waals surface area contributed by atoms with Gasteiger partial charge in [0.2, 0.25) is 0 Å². The van der Waals surface area contributed by atoms with Crippen LogP contribution < -0.4 is 9.64 Å². The molecule has 9 heteroatoms. The number of amidine groups is 1. The van der Waals surface area contributed by atoms with E-state index in [1.807, 2.05) is 24.0 Å². The molecule has 1 aliphatic carbocycles. The molecular weight excluding hydrogens is 520 g/mol. The molecule has 220 valence electrons. The van der Waals surface area contributed by atoms with Gasteiger partial charge in [-0.25, -0.2) is 4.98 Å². The minimum atomic E-state index is -0.849. The summed E-state index contributed by atoms with van der Waals surface area (Å²) in [6.07, 6.45) is 3.73. The zero-order valence-electron chi connectivity index (χ0n) is 24.7. The number of nitrogens with zero attached hydrogens (tertiary/aromatic N) is 3. The lowest BCUT2D eigenvalue weighted by Gasteiger charge is -2.30. The van der Waals surface area contributed by atoms with Crippen molar-refractivity contribution in [3.05, 3.63) is 52.3 Å². The smallest absolute Gasteiger partial charge is 0.303 e. The van der Waals surface area contributed by atoms with Crippen LogP contribution in [0.4, 0.5) is 5.69 Å². The monoisotopic (exact) mass is 562 g/mol. The van der Waals surface area contributed by atoms with E-state index in [2.05, 4.69) is 37.8 Å². The van der Waals surface area contributed by atoms with Gasteiger partial charge in [0.1, 0.15) is 17.3 Å². The predicted octanol–water partition coefficient (Wildman–Crippen LogP) is 5.14. The molecule has 2 N–H and O–H groups in total. The van der Waals surface area contributed by atoms with Gasteiger partial charge in [-0.15, -0.1) is 0 Å². The third kappa shape index (κ3) is 6.56. The molecule has 0 radical (unpaired) electrons. The second-order valence-corrected chi connectivity index (χ2v) is 12.4. The van der Waals surface area contributed by atoms with Gasteiger partial charge < -0.3 is 24.4 Å². The molecule has 0 spiro atoms. The van der Waals surface area contributed by atoms with Gasteiger partial charge in [0.15, 0.2) is 5.78 Å². The number of pyridine rings is 1. The lowest BCUT2D eigenvalue weighted by Crippen LogP contribution is -2.31. The first-order valence-corrected chi connectivity index (χ1v) is 14.8. The first-order chi connectivity index (χ1) is 19.5. The number of carboxylic acid groups (broad SMARTS) is 1. The second-order valence-electron chi connectivity index (χ2n) is 12.4. The number of fused-ring (bicyclic) bond motifs is 1. The lowest BCUT2D eigenvalue weighted by atomic mass is 9.84. The Morgan fingerprint density at radius 3 is 2.63 bits per heavy atom. The van der Waals surface area contributed by atoms with Gasteiger partial charge in [-0.1, -0.05) is 26.8 Å². The first kappa shape index (κ1) is 29.0. The number of hydrogen-bond donors (Lipinski definition) is 2. The number of benzene rings is 1. The molecule has 1 aromatic heterocycles. The summed E-state index contributed by atoms with van der Waals surface area (Å²) < 4.78 is 12.2. The summed E-state index contributed by atoms with van der Waals surface area (Å²) in [6.45, 7) is 11.3. The molecular formula is C32H42N4O5. The zero-order chi connectivity index (χ0) is 29.3. The Morgan fingerprint density at radius 1 is 1.17 bits per heavy atom. The number of Topliss-reactive ketones (excluding diaryl/α,β-unsaturated/α-hetero) is 1. The highest BCUT2D eigenvalue weighted by Crippen LogP contribution is 2.42. The minimum Gasteiger partial charge on any atom is -0.491 e. The van der Waals surface area contributed by atoms with E-state index in [-0.39, 0.29) is 36.9 Å². The third-order valence-electron chi connectivity index (χ3n) is 8.10. The van der Waals surface area contributed by atoms with E-state index < -0.39 is 5.97 Å². The van der Waals surface area contributed by atoms with Crippen molar-refractivity contribution in [3.63, 3.8) is 0 Å². The van der Waals surface area contributed by atoms with Crippen LogP contribution in [-0.2, 0) is 21.5 Å². The van der Waals surface area contributed by atoms with Crippen molar-refractivity contribution in [2.24, 2.45) is 0 Å². The quantitative estimate of drug-likeness (QED) is 0.270. The number of rotatable bonds is 12. The van der Waals surface area contributed by atoms with E-state index in [4.69, 9.17) is 25.0 Å². The van der Waals surface area contributed by atoms with Crippen LogP contribution in [0.15, 0.2) is 24.3 Å². The standard InChI is InChI=1S/C32H42N4O5/c1-5-40-23-12-13-35(18-23)26-16-22(15-24(32(2,3)4)30(26)41-14-6-7-28(38)39)27(37)19-36-17-21-10-11-25(20-8-9-20)34-29(21)31(36)33/h10-11,15-16,20,23,33H,5-9,12-14,17-19H2,1-4H3,(H,38,39). The van der Waals surface area contributed by atoms with Gasteiger partial charge in [-0.2, -0.15) is 0 Å². The summed E-state index contributed by atoms with van der Waals surface area (Å²) in [5.41, 5.74) is 4.74. The number of nitrogens with one attached hydrogen (secondary N) is 1. The third-order valence-corrected chi connectivity index (χ3v) is 8.10. The van der Waals surface area contributed by atoms with Crippen LogP contribution in [0.1, 0.15) is 98.6 Å². The van der Waals surface area contributed by atoms with Gasteiger partial charge in [0, 0.05) is 61.0 Å². The summed E-state index contributed by atoms with van der Waals surface area (Å²) in [5, 5.41) is 17.9. The van der Waals surface area contributed by atoms with Crippen LogP contribution >= 0.6 is 0 Å². The normalized spacial score (nSPS) is 18.6. The molecule has 3 heterocycles. The molecule has 9 nitrogen and oxygen atoms in total. The van der Waals surface area contributed by atoms with Crippen LogP contribution in [0.2, 0.25) is 0 Å². The highest BCUT2D eigenvalue weighted by molar-refractivity contribution is 6.05. The van der Waals surface area contributed by atoms with Crippen LogP contribution in [0.3, 0.4) is 0 Å². The molecule has 0 amide bonds. The van der Waals surface area contributed by atoms with Crippen molar-refractivity contribution in [1.82, 2.24) is 9.88 Å². The van der Waals surface area contributed by atoms with Gasteiger partial charge in [-0.05, 0) is 56.2 Å². The summed E-state index contributed by atoms with van der Waals surface area (Å²) in [4.78, 5) is 33.7. The topological polar surface area (TPSA) is 116 Å². The Kier molecular flexibility index (Phi) is 8.36. The Morgan fingerprint density at radius 2 is 1.95 bits per heavy atom. The number of carbonyl (C=O) groups excluding carboxylic acids is 1. The van der Waals surface area contributed by atoms with Crippen molar-refractivity contribution in [2.45, 2.75) is 83.8 Å². The molecule has 1 aromatic carbocycles. The fraction of sp³-hybridized carbons (Fsp3) is 0.562. The number of carboxylic acids is 1. The van der Waals surface area contributed by atoms with Crippen molar-refractivity contribution in [2.75, 3.05) is 37.7 Å². The van der Waals surface area contributed by atoms with E-state index in [1.165, 1.54) is 0 Å². The molecule has 0 bridgehead atoms. The number of aliphatic carboxylic acids is 1. The molecule has 1 saturated heterocycles. The molecule has 41 heavy (non-hydrogen) atoms. The highest BCUT2D eigenvalue weighted by Gasteiger charge is 2.33. The van der Waals surface area contributed by atoms with Gasteiger partial charge in [0.05, 0.1) is 24.9 Å². The van der Waals surface area contributed by atoms with Crippen molar-refractivity contribution >= 4 is 23.3 Å². The summed E-state index contributed by atoms with van der Waals surface area (Å²) in [6, 6.07) is 7.96. The number of hydrogen-bond acceptors (Lipinski definition) is 7. The van der Waals surface area contributed by atoms with Crippen molar-refractivity contribution in [1.29, 1.82) is 5.41 Å². The van der Waals surface area contributed by atoms with Crippen LogP contribution in [0, 0.1) is 5.41 Å². The fourth-order valence-corrected chi connectivity index (χ4v) is 5.71. The Balaban J connectivity index is 1.42. The van der Waals surface area contributed by atoms with Gasteiger partial charge in [0.25, 0.3) is 0 Å². The van der Waals surface area contributed by atoms with Crippen molar-refractivity contribution < 1.29 is 24.2 Å². The minimum absolute atomic E-state index is 0.0358. The van der Waals surface area contributed by atoms with E-state index in [0.717, 1.165) is 48.3 Å². The summed E-state index contributed by atoms with van der Waals surface area (Å²) in [7, 11) is 0. The molecule has 2 aliphatic heterocycles. The molecule has 1 saturated carbocycles. The van der Waals surface area contributed by atoms with E-state index in [0.29, 0.717) is 54.9 Å². The Hall–Kier alpha value is -3.46. The average Bonchev–Trinajstić information content (AvgIpc) is 3.60. The van der Waals surface area contributed by atoms with Gasteiger partial charge >= 0.3 is 5.97 Å². The van der Waals surface area contributed by atoms with Crippen LogP contribution in [0.25, 0.3) is 0 Å². The van der Waals surface area contributed by atoms with E-state index >= 15 is 0 Å². The molecule has 1 atom stereocenters. The number of ether oxygens (including phenoxy) is 2. The Bertz CT molecular complexity index is 1330. The van der Waals surface area contributed by atoms with E-state index in [1.54, 1.807) is 0 Å². The fourth-order valence-electron chi connectivity index (χ4n) is 5.71. The molecule has 3 aliphatic rings. The zero-order valence-corrected chi connectivity index (χ0v) is 24.7. The maximum Gasteiger partial charge on any atom is 0.303 e. The number of carbonyl (C=O) groups is 2. The summed E-state index contributed by atoms with van der Waals surface area (Å²) in [5.74, 6) is 0.614.